The molecule has 0 atom stereocenters. The fourth-order valence-corrected chi connectivity index (χ4v) is 6.87. The molecule has 0 amide bonds. The Hall–Kier alpha value is -0.710. The maximum atomic E-state index is 12.8. The summed E-state index contributed by atoms with van der Waals surface area (Å²) in [5, 5.41) is 0. The first-order valence-corrected chi connectivity index (χ1v) is 9.69. The van der Waals surface area contributed by atoms with Crippen molar-refractivity contribution in [3.8, 4) is 0 Å². The molecule has 2 aromatic rings. The molecule has 0 aliphatic rings. The molecule has 0 heterocycles. The van der Waals surface area contributed by atoms with Crippen molar-refractivity contribution >= 4 is 31.1 Å². The lowest BCUT2D eigenvalue weighted by Gasteiger charge is -2.23. The smallest absolute Gasteiger partial charge is 0.311 e. The van der Waals surface area contributed by atoms with Gasteiger partial charge in [-0.3, -0.25) is 4.57 Å². The van der Waals surface area contributed by atoms with Gasteiger partial charge in [0, 0.05) is 24.0 Å². The molecule has 3 nitrogen and oxygen atoms in total. The fourth-order valence-electron chi connectivity index (χ4n) is 1.63. The van der Waals surface area contributed by atoms with Crippen molar-refractivity contribution in [2.75, 3.05) is 14.2 Å². The van der Waals surface area contributed by atoms with Crippen LogP contribution >= 0.6 is 31.1 Å². The summed E-state index contributed by atoms with van der Waals surface area (Å²) < 4.78 is 22.8. The summed E-state index contributed by atoms with van der Waals surface area (Å²) in [6, 6.07) is 19.7. The quantitative estimate of drug-likeness (QED) is 0.386. The summed E-state index contributed by atoms with van der Waals surface area (Å²) >= 11 is 2.98. The topological polar surface area (TPSA) is 35.5 Å². The van der Waals surface area contributed by atoms with E-state index in [-0.39, 0.29) is 4.32 Å². The zero-order valence-electron chi connectivity index (χ0n) is 11.8. The molecular formula is C15H17O3PS2. The molecule has 0 unspecified atom stereocenters. The van der Waals surface area contributed by atoms with Crippen LogP contribution in [0.1, 0.15) is 0 Å². The molecule has 2 rings (SSSR count). The number of hydrogen-bond acceptors (Lipinski definition) is 5. The van der Waals surface area contributed by atoms with Crippen LogP contribution in [0.5, 0.6) is 0 Å². The molecule has 0 aliphatic carbocycles. The minimum absolute atomic E-state index is 0.364. The van der Waals surface area contributed by atoms with Gasteiger partial charge in [-0.05, 0) is 24.3 Å². The lowest BCUT2D eigenvalue weighted by Crippen LogP contribution is -2.03. The molecule has 0 saturated carbocycles. The van der Waals surface area contributed by atoms with E-state index in [4.69, 9.17) is 9.05 Å². The Labute approximate surface area is 134 Å². The van der Waals surface area contributed by atoms with Gasteiger partial charge in [0.2, 0.25) is 0 Å². The van der Waals surface area contributed by atoms with E-state index < -0.39 is 7.60 Å². The van der Waals surface area contributed by atoms with Crippen LogP contribution in [0, 0.1) is 0 Å². The lowest BCUT2D eigenvalue weighted by atomic mass is 10.4. The summed E-state index contributed by atoms with van der Waals surface area (Å²) in [5.41, 5.74) is 0. The van der Waals surface area contributed by atoms with Gasteiger partial charge in [-0.1, -0.05) is 59.9 Å². The van der Waals surface area contributed by atoms with Crippen LogP contribution in [0.4, 0.5) is 0 Å². The Morgan fingerprint density at radius 1 is 0.810 bits per heavy atom. The Morgan fingerprint density at radius 3 is 1.52 bits per heavy atom. The van der Waals surface area contributed by atoms with Crippen molar-refractivity contribution in [2.45, 2.75) is 14.1 Å². The minimum atomic E-state index is -3.20. The number of benzene rings is 2. The van der Waals surface area contributed by atoms with Gasteiger partial charge in [-0.2, -0.15) is 0 Å². The zero-order chi connectivity index (χ0) is 15.1. The molecule has 0 radical (unpaired) electrons. The highest BCUT2D eigenvalue weighted by atomic mass is 32.2. The van der Waals surface area contributed by atoms with Crippen molar-refractivity contribution in [3.63, 3.8) is 0 Å². The Kier molecular flexibility index (Phi) is 6.40. The molecule has 0 N–H and O–H groups in total. The largest absolute Gasteiger partial charge is 0.353 e. The van der Waals surface area contributed by atoms with E-state index >= 15 is 0 Å². The van der Waals surface area contributed by atoms with Gasteiger partial charge in [0.25, 0.3) is 0 Å². The molecule has 6 heteroatoms. The highest BCUT2D eigenvalue weighted by Crippen LogP contribution is 2.62. The van der Waals surface area contributed by atoms with Gasteiger partial charge >= 0.3 is 7.60 Å². The van der Waals surface area contributed by atoms with Crippen LogP contribution in [0.25, 0.3) is 0 Å². The average Bonchev–Trinajstić information content (AvgIpc) is 2.55. The summed E-state index contributed by atoms with van der Waals surface area (Å²) in [4.78, 5) is 2.06. The van der Waals surface area contributed by atoms with Crippen LogP contribution in [0.2, 0.25) is 0 Å². The van der Waals surface area contributed by atoms with Gasteiger partial charge in [0.1, 0.15) is 0 Å². The SMILES string of the molecule is COP(=O)(OC)C(Sc1ccccc1)Sc1ccccc1. The van der Waals surface area contributed by atoms with Crippen LogP contribution in [-0.4, -0.2) is 18.5 Å². The highest BCUT2D eigenvalue weighted by Gasteiger charge is 2.36. The van der Waals surface area contributed by atoms with Gasteiger partial charge < -0.3 is 9.05 Å². The van der Waals surface area contributed by atoms with E-state index in [0.29, 0.717) is 0 Å². The van der Waals surface area contributed by atoms with E-state index in [1.807, 2.05) is 60.7 Å². The molecule has 0 saturated heterocycles. The Morgan fingerprint density at radius 2 is 1.19 bits per heavy atom. The van der Waals surface area contributed by atoms with Gasteiger partial charge in [0.05, 0.1) is 0 Å². The Bertz CT molecular complexity index is 543. The maximum absolute atomic E-state index is 12.8. The third kappa shape index (κ3) is 4.63. The van der Waals surface area contributed by atoms with E-state index in [2.05, 4.69) is 0 Å². The normalized spacial score (nSPS) is 11.8. The van der Waals surface area contributed by atoms with E-state index in [0.717, 1.165) is 9.79 Å². The third-order valence-electron chi connectivity index (χ3n) is 2.73. The molecule has 2 aromatic carbocycles. The van der Waals surface area contributed by atoms with Crippen LogP contribution in [0.3, 0.4) is 0 Å². The first-order valence-electron chi connectivity index (χ1n) is 6.32. The maximum Gasteiger partial charge on any atom is 0.353 e. The molecule has 112 valence electrons. The third-order valence-corrected chi connectivity index (χ3v) is 8.51. The average molecular weight is 340 g/mol. The van der Waals surface area contributed by atoms with Crippen LogP contribution < -0.4 is 0 Å². The summed E-state index contributed by atoms with van der Waals surface area (Å²) in [6.07, 6.45) is 0. The van der Waals surface area contributed by atoms with Crippen molar-refractivity contribution in [1.82, 2.24) is 0 Å². The predicted octanol–water partition coefficient (Wildman–Crippen LogP) is 5.34. The Balaban J connectivity index is 2.24. The first kappa shape index (κ1) is 16.7. The lowest BCUT2D eigenvalue weighted by molar-refractivity contribution is 0.279. The van der Waals surface area contributed by atoms with Crippen molar-refractivity contribution in [2.24, 2.45) is 0 Å². The van der Waals surface area contributed by atoms with Crippen LogP contribution in [0.15, 0.2) is 70.5 Å². The van der Waals surface area contributed by atoms with Gasteiger partial charge in [-0.25, -0.2) is 0 Å². The zero-order valence-corrected chi connectivity index (χ0v) is 14.4. The predicted molar refractivity (Wildman–Crippen MR) is 90.0 cm³/mol. The minimum Gasteiger partial charge on any atom is -0.311 e. The second-order valence-corrected chi connectivity index (χ2v) is 9.75. The van der Waals surface area contributed by atoms with E-state index in [9.17, 15) is 4.57 Å². The molecule has 0 fully saturated rings. The number of rotatable bonds is 7. The highest BCUT2D eigenvalue weighted by molar-refractivity contribution is 8.23. The monoisotopic (exact) mass is 340 g/mol. The number of thioether (sulfide) groups is 2. The first-order chi connectivity index (χ1) is 10.2. The second kappa shape index (κ2) is 8.06. The standard InChI is InChI=1S/C15H17O3PS2/c1-17-19(16,18-2)15(20-13-9-5-3-6-10-13)21-14-11-7-4-8-12-14/h3-12,15H,1-2H3. The summed E-state index contributed by atoms with van der Waals surface area (Å²) in [6.45, 7) is 0. The fraction of sp³-hybridized carbons (Fsp3) is 0.200. The van der Waals surface area contributed by atoms with Crippen molar-refractivity contribution in [1.29, 1.82) is 0 Å². The van der Waals surface area contributed by atoms with Crippen LogP contribution in [-0.2, 0) is 13.6 Å². The summed E-state index contributed by atoms with van der Waals surface area (Å²) in [7, 11) is -0.346. The van der Waals surface area contributed by atoms with Gasteiger partial charge in [0.15, 0.2) is 4.32 Å². The molecule has 0 bridgehead atoms. The molecule has 21 heavy (non-hydrogen) atoms. The molecule has 0 aliphatic heterocycles. The molecule has 0 spiro atoms. The second-order valence-electron chi connectivity index (χ2n) is 4.07. The summed E-state index contributed by atoms with van der Waals surface area (Å²) in [5.74, 6) is 0. The van der Waals surface area contributed by atoms with Crippen molar-refractivity contribution in [3.05, 3.63) is 60.7 Å². The number of hydrogen-bond donors (Lipinski definition) is 0. The van der Waals surface area contributed by atoms with Gasteiger partial charge in [-0.15, -0.1) is 0 Å². The molecular weight excluding hydrogens is 323 g/mol. The van der Waals surface area contributed by atoms with Crippen molar-refractivity contribution < 1.29 is 13.6 Å². The van der Waals surface area contributed by atoms with E-state index in [1.54, 1.807) is 0 Å². The molecule has 0 aromatic heterocycles. The van der Waals surface area contributed by atoms with E-state index in [1.165, 1.54) is 37.7 Å².